The summed E-state index contributed by atoms with van der Waals surface area (Å²) in [5, 5.41) is 14.5. The van der Waals surface area contributed by atoms with Crippen LogP contribution in [0.3, 0.4) is 0 Å². The second-order valence-corrected chi connectivity index (χ2v) is 12.4. The maximum atomic E-state index is 11.6. The maximum absolute atomic E-state index is 11.6. The molecule has 1 aromatic carbocycles. The lowest BCUT2D eigenvalue weighted by molar-refractivity contribution is -0.148. The Morgan fingerprint density at radius 3 is 2.54 bits per heavy atom. The van der Waals surface area contributed by atoms with Gasteiger partial charge in [0.1, 0.15) is 24.0 Å². The van der Waals surface area contributed by atoms with Crippen molar-refractivity contribution in [2.75, 3.05) is 6.16 Å². The van der Waals surface area contributed by atoms with Crippen LogP contribution in [0.4, 0.5) is 0 Å². The van der Waals surface area contributed by atoms with Crippen LogP contribution in [0.1, 0.15) is 39.7 Å². The fourth-order valence-electron chi connectivity index (χ4n) is 5.29. The standard InChI is InChI=1S/C22H28O3P/c1-14(23)25-17-12-8-11-16-13-26(21(24)18(16)17)19(20(26)22(2,3)4)15-9-6-5-7-10-15/h5-10,12,16-18,21,24H,11,13H2,1-4H3/q+1. The number of rotatable bonds is 2. The van der Waals surface area contributed by atoms with Crippen molar-refractivity contribution >= 4 is 18.5 Å². The first kappa shape index (κ1) is 17.9. The van der Waals surface area contributed by atoms with E-state index in [2.05, 4.69) is 51.1 Å². The first-order valence-corrected chi connectivity index (χ1v) is 11.5. The van der Waals surface area contributed by atoms with Crippen LogP contribution < -0.4 is 0 Å². The number of aliphatic hydroxyl groups excluding tert-OH is 1. The molecule has 2 heterocycles. The van der Waals surface area contributed by atoms with E-state index in [1.165, 1.54) is 23.1 Å². The van der Waals surface area contributed by atoms with Crippen molar-refractivity contribution in [1.82, 2.24) is 0 Å². The third-order valence-corrected chi connectivity index (χ3v) is 11.1. The van der Waals surface area contributed by atoms with E-state index in [1.807, 2.05) is 12.1 Å². The zero-order valence-corrected chi connectivity index (χ0v) is 16.9. The van der Waals surface area contributed by atoms with Crippen LogP contribution in [0.25, 0.3) is 5.31 Å². The van der Waals surface area contributed by atoms with Crippen LogP contribution in [0.15, 0.2) is 47.8 Å². The van der Waals surface area contributed by atoms with Gasteiger partial charge in [-0.15, -0.1) is 0 Å². The number of fused-ring (bicyclic) bond motifs is 1. The highest BCUT2D eigenvalue weighted by molar-refractivity contribution is 7.97. The van der Waals surface area contributed by atoms with E-state index in [0.29, 0.717) is 5.92 Å². The summed E-state index contributed by atoms with van der Waals surface area (Å²) >= 11 is 0. The summed E-state index contributed by atoms with van der Waals surface area (Å²) in [6.07, 6.45) is 5.85. The average Bonchev–Trinajstić information content (AvgIpc) is 3.16. The molecule has 0 bridgehead atoms. The molecule has 3 nitrogen and oxygen atoms in total. The zero-order chi connectivity index (χ0) is 18.7. The Labute approximate surface area is 156 Å². The van der Waals surface area contributed by atoms with Gasteiger partial charge in [0, 0.05) is 23.8 Å². The number of hydrogen-bond acceptors (Lipinski definition) is 3. The van der Waals surface area contributed by atoms with E-state index < -0.39 is 13.1 Å². The Hall–Kier alpha value is -1.44. The molecule has 0 saturated carbocycles. The molecule has 2 aliphatic heterocycles. The first-order chi connectivity index (χ1) is 12.3. The number of hydrogen-bond donors (Lipinski definition) is 1. The highest BCUT2D eigenvalue weighted by Crippen LogP contribution is 2.98. The van der Waals surface area contributed by atoms with Gasteiger partial charge in [-0.25, -0.2) is 0 Å². The number of allylic oxidation sites excluding steroid dienone is 2. The number of carbonyl (C=O) groups excluding carboxylic acids is 1. The van der Waals surface area contributed by atoms with Crippen molar-refractivity contribution in [3.63, 3.8) is 0 Å². The van der Waals surface area contributed by atoms with E-state index in [1.54, 1.807) is 0 Å². The smallest absolute Gasteiger partial charge is 0.303 e. The van der Waals surface area contributed by atoms with Gasteiger partial charge in [0.25, 0.3) is 0 Å². The third-order valence-electron chi connectivity index (χ3n) is 6.04. The molecule has 1 aliphatic carbocycles. The lowest BCUT2D eigenvalue weighted by atomic mass is 9.83. The van der Waals surface area contributed by atoms with Gasteiger partial charge in [-0.3, -0.25) is 4.79 Å². The fraction of sp³-hybridized carbons (Fsp3) is 0.500. The maximum Gasteiger partial charge on any atom is 0.303 e. The third kappa shape index (κ3) is 2.60. The minimum Gasteiger partial charge on any atom is -0.458 e. The van der Waals surface area contributed by atoms with Crippen LogP contribution in [0, 0.1) is 17.3 Å². The van der Waals surface area contributed by atoms with E-state index in [0.717, 1.165) is 12.6 Å². The van der Waals surface area contributed by atoms with Crippen LogP contribution in [-0.4, -0.2) is 29.2 Å². The minimum atomic E-state index is -1.73. The van der Waals surface area contributed by atoms with Crippen molar-refractivity contribution in [3.05, 3.63) is 53.4 Å². The number of carbonyl (C=O) groups is 1. The predicted octanol–water partition coefficient (Wildman–Crippen LogP) is 4.89. The lowest BCUT2D eigenvalue weighted by Gasteiger charge is -2.28. The summed E-state index contributed by atoms with van der Waals surface area (Å²) < 4.78 is 5.57. The number of ether oxygens (including phenoxy) is 1. The molecule has 4 rings (SSSR count). The molecular weight excluding hydrogens is 343 g/mol. The van der Waals surface area contributed by atoms with Crippen molar-refractivity contribution in [1.29, 1.82) is 0 Å². The molecule has 1 spiro atoms. The molecule has 1 N–H and O–H groups in total. The number of esters is 1. The predicted molar refractivity (Wildman–Crippen MR) is 107 cm³/mol. The molecular formula is C22H28O3P+. The molecule has 0 radical (unpaired) electrons. The van der Waals surface area contributed by atoms with Crippen LogP contribution in [-0.2, 0) is 9.53 Å². The van der Waals surface area contributed by atoms with Gasteiger partial charge in [-0.2, -0.15) is 0 Å². The van der Waals surface area contributed by atoms with E-state index in [-0.39, 0.29) is 23.4 Å². The quantitative estimate of drug-likeness (QED) is 0.457. The summed E-state index contributed by atoms with van der Waals surface area (Å²) in [6, 6.07) is 10.5. The Morgan fingerprint density at radius 2 is 1.92 bits per heavy atom. The van der Waals surface area contributed by atoms with Gasteiger partial charge in [0.05, 0.1) is 12.1 Å². The lowest BCUT2D eigenvalue weighted by Crippen LogP contribution is -2.36. The van der Waals surface area contributed by atoms with E-state index in [4.69, 9.17) is 4.74 Å². The highest BCUT2D eigenvalue weighted by Gasteiger charge is 2.78. The van der Waals surface area contributed by atoms with Crippen molar-refractivity contribution < 1.29 is 14.6 Å². The molecule has 5 unspecified atom stereocenters. The fourth-order valence-corrected chi connectivity index (χ4v) is 11.8. The molecule has 4 heteroatoms. The second-order valence-electron chi connectivity index (χ2n) is 8.85. The van der Waals surface area contributed by atoms with Crippen LogP contribution >= 0.6 is 7.26 Å². The molecule has 26 heavy (non-hydrogen) atoms. The normalized spacial score (nSPS) is 35.6. The Balaban J connectivity index is 1.73. The summed E-state index contributed by atoms with van der Waals surface area (Å²) in [7, 11) is -1.73. The first-order valence-electron chi connectivity index (χ1n) is 9.48. The Morgan fingerprint density at radius 1 is 1.23 bits per heavy atom. The van der Waals surface area contributed by atoms with Gasteiger partial charge >= 0.3 is 5.97 Å². The minimum absolute atomic E-state index is 0.0239. The monoisotopic (exact) mass is 371 g/mol. The molecule has 0 aromatic heterocycles. The highest BCUT2D eigenvalue weighted by atomic mass is 31.2. The summed E-state index contributed by atoms with van der Waals surface area (Å²) in [4.78, 5) is 11.6. The average molecular weight is 371 g/mol. The molecule has 138 valence electrons. The molecule has 3 aliphatic rings. The van der Waals surface area contributed by atoms with Gasteiger partial charge in [-0.1, -0.05) is 57.2 Å². The van der Waals surface area contributed by atoms with Crippen molar-refractivity contribution in [3.8, 4) is 0 Å². The molecule has 1 fully saturated rings. The van der Waals surface area contributed by atoms with Crippen molar-refractivity contribution in [2.24, 2.45) is 17.3 Å². The van der Waals surface area contributed by atoms with Gasteiger partial charge in [0.15, 0.2) is 5.85 Å². The Bertz CT molecular complexity index is 789. The second kappa shape index (κ2) is 6.04. The molecule has 0 amide bonds. The Kier molecular flexibility index (Phi) is 4.17. The van der Waals surface area contributed by atoms with Gasteiger partial charge < -0.3 is 9.84 Å². The van der Waals surface area contributed by atoms with E-state index >= 15 is 0 Å². The molecule has 1 aromatic rings. The van der Waals surface area contributed by atoms with Crippen molar-refractivity contribution in [2.45, 2.75) is 46.1 Å². The SMILES string of the molecule is CC(=O)OC1C=CCC2C[P+]3(C(c4ccccc4)=C3C(C)(C)C)C(O)C21. The zero-order valence-electron chi connectivity index (χ0n) is 16.0. The van der Waals surface area contributed by atoms with Gasteiger partial charge in [-0.05, 0) is 12.5 Å². The summed E-state index contributed by atoms with van der Waals surface area (Å²) in [6.45, 7) is 8.23. The van der Waals surface area contributed by atoms with Gasteiger partial charge in [0.2, 0.25) is 0 Å². The summed E-state index contributed by atoms with van der Waals surface area (Å²) in [5.74, 6) is -0.247. The molecule has 1 saturated heterocycles. The summed E-state index contributed by atoms with van der Waals surface area (Å²) in [5.41, 5.74) is 1.32. The van der Waals surface area contributed by atoms with Crippen LogP contribution in [0.5, 0.6) is 0 Å². The number of benzene rings is 1. The van der Waals surface area contributed by atoms with Crippen LogP contribution in [0.2, 0.25) is 0 Å². The number of aliphatic hydroxyl groups is 1. The van der Waals surface area contributed by atoms with E-state index in [9.17, 15) is 9.90 Å². The largest absolute Gasteiger partial charge is 0.458 e. The topological polar surface area (TPSA) is 46.5 Å². The molecule has 5 atom stereocenters.